The SMILES string of the molecule is [2H]c1cc(N(c2cc([2H])c(-c3cc4c(oc5c(C6(C)c7c(ccc([2H])c7[2H])-c7c([2H])c([2H])c([2H])c([2H])c76)c([2H])cc([2H])c54)c([2H])c3[2H])c([2H])c2[2H])c2c([2H])cc([2H])c([2H])c2[2H])c([2H])c([2H])c1[2H]. The van der Waals surface area contributed by atoms with E-state index in [0.29, 0.717) is 0 Å². The molecule has 0 radical (unpaired) electrons. The van der Waals surface area contributed by atoms with E-state index in [1.54, 1.807) is 0 Å². The normalized spacial score (nSPS) is 21.5. The van der Waals surface area contributed by atoms with Crippen LogP contribution in [-0.4, -0.2) is 0 Å². The van der Waals surface area contributed by atoms with Crippen molar-refractivity contribution >= 4 is 39.0 Å². The van der Waals surface area contributed by atoms with Gasteiger partial charge in [-0.05, 0) is 88.7 Å². The Morgan fingerprint density at radius 1 is 0.522 bits per heavy atom. The Labute approximate surface area is 298 Å². The highest BCUT2D eigenvalue weighted by atomic mass is 16.3. The minimum absolute atomic E-state index is 0.0120. The summed E-state index contributed by atoms with van der Waals surface area (Å²) in [5, 5.41) is -0.0522. The maximum Gasteiger partial charge on any atom is 0.139 e. The fourth-order valence-corrected chi connectivity index (χ4v) is 6.07. The minimum atomic E-state index is -1.80. The molecule has 1 heterocycles. The average Bonchev–Trinajstić information content (AvgIpc) is 3.78. The van der Waals surface area contributed by atoms with E-state index >= 15 is 0 Å². The fourth-order valence-electron chi connectivity index (χ4n) is 6.07. The first-order chi connectivity index (χ1) is 31.4. The number of hydrogen-bond acceptors (Lipinski definition) is 2. The van der Waals surface area contributed by atoms with Gasteiger partial charge in [0.2, 0.25) is 0 Å². The molecule has 1 unspecified atom stereocenters. The minimum Gasteiger partial charge on any atom is -0.456 e. The smallest absolute Gasteiger partial charge is 0.139 e. The molecule has 0 amide bonds. The Hall–Kier alpha value is -5.86. The predicted molar refractivity (Wildman–Crippen MR) is 191 cm³/mol. The second-order valence-electron chi connectivity index (χ2n) is 10.6. The van der Waals surface area contributed by atoms with E-state index in [-0.39, 0.29) is 85.1 Å². The molecule has 1 aliphatic rings. The summed E-state index contributed by atoms with van der Waals surface area (Å²) in [6.07, 6.45) is 0. The standard InChI is InChI=1S/C44H31NO/c1-44(39-20-10-8-17-35(39)36-18-9-11-21-40(36)44)41-22-12-19-37-38-29-31(25-28-42(38)46-43(37)41)30-23-26-34(27-24-30)45(32-13-4-2-5-14-32)33-15-6-3-7-16-33/h2-29H,1H3/i2D,3D,4D,5D,6D,8D,10D,11D,13D,15D,16D,17D,19D,20D,21D,22D,23D,24D,25D,26D,28D. The fraction of sp³-hybridized carbons (Fsp3) is 0.0455. The molecule has 1 atom stereocenters. The molecule has 0 saturated heterocycles. The van der Waals surface area contributed by atoms with E-state index in [1.807, 2.05) is 0 Å². The third-order valence-corrected chi connectivity index (χ3v) is 8.17. The molecule has 0 fully saturated rings. The van der Waals surface area contributed by atoms with Gasteiger partial charge in [-0.3, -0.25) is 0 Å². The van der Waals surface area contributed by atoms with Crippen molar-refractivity contribution in [3.8, 4) is 22.3 Å². The van der Waals surface area contributed by atoms with Crippen LogP contribution in [0, 0.1) is 0 Å². The molecule has 1 aromatic heterocycles. The van der Waals surface area contributed by atoms with E-state index in [4.69, 9.17) is 25.0 Å². The van der Waals surface area contributed by atoms with Gasteiger partial charge in [-0.2, -0.15) is 0 Å². The number of benzene rings is 7. The highest BCUT2D eigenvalue weighted by Gasteiger charge is 2.42. The average molecular weight is 611 g/mol. The summed E-state index contributed by atoms with van der Waals surface area (Å²) in [6, 6.07) is -3.45. The van der Waals surface area contributed by atoms with Crippen LogP contribution >= 0.6 is 0 Å². The second-order valence-corrected chi connectivity index (χ2v) is 10.6. The van der Waals surface area contributed by atoms with Gasteiger partial charge < -0.3 is 9.32 Å². The van der Waals surface area contributed by atoms with Gasteiger partial charge in [0.15, 0.2) is 0 Å². The lowest BCUT2D eigenvalue weighted by Crippen LogP contribution is -2.22. The zero-order chi connectivity index (χ0) is 48.9. The Balaban J connectivity index is 1.33. The van der Waals surface area contributed by atoms with Crippen molar-refractivity contribution in [2.45, 2.75) is 12.3 Å². The lowest BCUT2D eigenvalue weighted by atomic mass is 9.74. The van der Waals surface area contributed by atoms with Gasteiger partial charge in [-0.15, -0.1) is 0 Å². The summed E-state index contributed by atoms with van der Waals surface area (Å²) in [6.45, 7) is 1.53. The number of hydrogen-bond donors (Lipinski definition) is 0. The molecule has 7 aromatic carbocycles. The zero-order valence-corrected chi connectivity index (χ0v) is 23.9. The Morgan fingerprint density at radius 2 is 1.33 bits per heavy atom. The Morgan fingerprint density at radius 3 is 2.30 bits per heavy atom. The molecule has 2 nitrogen and oxygen atoms in total. The van der Waals surface area contributed by atoms with Gasteiger partial charge in [0.25, 0.3) is 0 Å². The van der Waals surface area contributed by atoms with Crippen molar-refractivity contribution in [1.82, 2.24) is 0 Å². The van der Waals surface area contributed by atoms with Crippen molar-refractivity contribution in [1.29, 1.82) is 0 Å². The largest absolute Gasteiger partial charge is 0.456 e. The molecular formula is C44H31NO. The van der Waals surface area contributed by atoms with Gasteiger partial charge in [0.1, 0.15) is 11.2 Å². The van der Waals surface area contributed by atoms with E-state index in [0.717, 1.165) is 29.2 Å². The van der Waals surface area contributed by atoms with Crippen LogP contribution in [-0.2, 0) is 5.41 Å². The van der Waals surface area contributed by atoms with Crippen LogP contribution in [0.2, 0.25) is 0 Å². The molecule has 2 heteroatoms. The molecule has 0 N–H and O–H groups in total. The number of fused-ring (bicyclic) bond motifs is 6. The molecule has 0 bridgehead atoms. The number of anilines is 3. The maximum atomic E-state index is 9.31. The van der Waals surface area contributed by atoms with Crippen LogP contribution < -0.4 is 4.90 Å². The molecular weight excluding hydrogens is 558 g/mol. The van der Waals surface area contributed by atoms with Crippen LogP contribution in [0.4, 0.5) is 17.1 Å². The third kappa shape index (κ3) is 3.97. The van der Waals surface area contributed by atoms with Gasteiger partial charge in [-0.25, -0.2) is 0 Å². The summed E-state index contributed by atoms with van der Waals surface area (Å²) < 4.78 is 191. The Kier molecular flexibility index (Phi) is 2.90. The molecule has 0 saturated carbocycles. The van der Waals surface area contributed by atoms with E-state index in [2.05, 4.69) is 0 Å². The summed E-state index contributed by atoms with van der Waals surface area (Å²) in [4.78, 5) is 0.880. The third-order valence-electron chi connectivity index (χ3n) is 8.17. The summed E-state index contributed by atoms with van der Waals surface area (Å²) in [5.41, 5.74) is -4.01. The quantitative estimate of drug-likeness (QED) is 0.193. The van der Waals surface area contributed by atoms with Crippen LogP contribution in [0.15, 0.2) is 174 Å². The van der Waals surface area contributed by atoms with Crippen molar-refractivity contribution in [3.63, 3.8) is 0 Å². The van der Waals surface area contributed by atoms with Crippen LogP contribution in [0.25, 0.3) is 44.2 Å². The molecule has 8 aromatic rings. The highest BCUT2D eigenvalue weighted by molar-refractivity contribution is 6.08. The van der Waals surface area contributed by atoms with Gasteiger partial charge in [-0.1, -0.05) is 121 Å². The summed E-state index contributed by atoms with van der Waals surface area (Å²) >= 11 is 0. The lowest BCUT2D eigenvalue weighted by Gasteiger charge is -2.28. The first-order valence-corrected chi connectivity index (χ1v) is 14.1. The zero-order valence-electron chi connectivity index (χ0n) is 44.9. The second kappa shape index (κ2) is 10.4. The van der Waals surface area contributed by atoms with Crippen molar-refractivity contribution in [3.05, 3.63) is 186 Å². The first-order valence-electron chi connectivity index (χ1n) is 24.6. The van der Waals surface area contributed by atoms with Crippen LogP contribution in [0.5, 0.6) is 0 Å². The lowest BCUT2D eigenvalue weighted by molar-refractivity contribution is 0.638. The number of furan rings is 1. The van der Waals surface area contributed by atoms with Gasteiger partial charge >= 0.3 is 0 Å². The topological polar surface area (TPSA) is 16.4 Å². The molecule has 1 aliphatic carbocycles. The summed E-state index contributed by atoms with van der Waals surface area (Å²) in [5.74, 6) is 0. The van der Waals surface area contributed by atoms with Crippen molar-refractivity contribution in [2.75, 3.05) is 4.90 Å². The number of rotatable bonds is 5. The van der Waals surface area contributed by atoms with Crippen molar-refractivity contribution in [2.24, 2.45) is 0 Å². The molecule has 0 spiro atoms. The Bertz CT molecular complexity index is 3590. The van der Waals surface area contributed by atoms with Gasteiger partial charge in [0.05, 0.1) is 28.8 Å². The maximum absolute atomic E-state index is 9.31. The van der Waals surface area contributed by atoms with Crippen molar-refractivity contribution < 1.29 is 33.2 Å². The van der Waals surface area contributed by atoms with E-state index < -0.39 is 125 Å². The molecule has 46 heavy (non-hydrogen) atoms. The molecule has 9 rings (SSSR count). The highest BCUT2D eigenvalue weighted by Crippen LogP contribution is 2.54. The molecule has 0 aliphatic heterocycles. The van der Waals surface area contributed by atoms with E-state index in [1.165, 1.54) is 25.1 Å². The number of para-hydroxylation sites is 3. The predicted octanol–water partition coefficient (Wildman–Crippen LogP) is 12.1. The monoisotopic (exact) mass is 610 g/mol. The summed E-state index contributed by atoms with van der Waals surface area (Å²) in [7, 11) is 0. The number of nitrogens with zero attached hydrogens (tertiary/aromatic N) is 1. The van der Waals surface area contributed by atoms with Gasteiger partial charge in [0, 0.05) is 38.8 Å². The van der Waals surface area contributed by atoms with E-state index in [9.17, 15) is 8.22 Å². The molecule has 218 valence electrons. The first kappa shape index (κ1) is 12.9. The van der Waals surface area contributed by atoms with Crippen LogP contribution in [0.3, 0.4) is 0 Å². The van der Waals surface area contributed by atoms with Crippen LogP contribution in [0.1, 0.15) is 52.4 Å².